The van der Waals surface area contributed by atoms with Gasteiger partial charge in [0.2, 0.25) is 0 Å². The van der Waals surface area contributed by atoms with Crippen LogP contribution in [0.1, 0.15) is 19.8 Å². The summed E-state index contributed by atoms with van der Waals surface area (Å²) in [5.41, 5.74) is 2.73. The fourth-order valence-electron chi connectivity index (χ4n) is 1.14. The highest BCUT2D eigenvalue weighted by atomic mass is 35.5. The van der Waals surface area contributed by atoms with Gasteiger partial charge in [0.15, 0.2) is 0 Å². The summed E-state index contributed by atoms with van der Waals surface area (Å²) in [6.07, 6.45) is 2.54. The first kappa shape index (κ1) is 10.2. The molecule has 0 aromatic rings. The lowest BCUT2D eigenvalue weighted by molar-refractivity contribution is 0.00302. The van der Waals surface area contributed by atoms with Crippen LogP contribution in [0.2, 0.25) is 0 Å². The van der Waals surface area contributed by atoms with Crippen LogP contribution in [0.3, 0.4) is 0 Å². The van der Waals surface area contributed by atoms with Crippen molar-refractivity contribution in [2.75, 3.05) is 6.61 Å². The van der Waals surface area contributed by atoms with Crippen molar-refractivity contribution in [3.8, 4) is 0 Å². The normalized spacial score (nSPS) is 33.0. The summed E-state index contributed by atoms with van der Waals surface area (Å²) in [6.45, 7) is 2.93. The zero-order chi connectivity index (χ0) is 6.69. The van der Waals surface area contributed by atoms with Gasteiger partial charge in [0.05, 0.1) is 6.10 Å². The van der Waals surface area contributed by atoms with Crippen LogP contribution in [0, 0.1) is 0 Å². The van der Waals surface area contributed by atoms with E-state index in [1.165, 1.54) is 0 Å². The second-order valence-electron chi connectivity index (χ2n) is 2.49. The molecule has 0 bridgehead atoms. The molecular weight excluding hydrogens is 152 g/mol. The number of hydrogen-bond acceptors (Lipinski definition) is 3. The molecule has 0 radical (unpaired) electrons. The summed E-state index contributed by atoms with van der Waals surface area (Å²) in [5, 5.41) is 0. The molecule has 0 unspecified atom stereocenters. The van der Waals surface area contributed by atoms with E-state index in [1.54, 1.807) is 0 Å². The Bertz CT molecular complexity index is 91.8. The number of ether oxygens (including phenoxy) is 1. The predicted molar refractivity (Wildman–Crippen MR) is 43.0 cm³/mol. The number of hydrazine groups is 1. The largest absolute Gasteiger partial charge is 0.377 e. The number of nitrogens with two attached hydrogens (primary N) is 1. The van der Waals surface area contributed by atoms with Gasteiger partial charge < -0.3 is 4.74 Å². The van der Waals surface area contributed by atoms with Gasteiger partial charge in [-0.15, -0.1) is 12.4 Å². The Balaban J connectivity index is 0.000000810. The Morgan fingerprint density at radius 3 is 2.70 bits per heavy atom. The fraction of sp³-hybridized carbons (Fsp3) is 1.00. The Hall–Kier alpha value is 0.170. The molecule has 62 valence electrons. The van der Waals surface area contributed by atoms with Crippen LogP contribution in [-0.2, 0) is 4.74 Å². The van der Waals surface area contributed by atoms with Crippen molar-refractivity contribution >= 4 is 12.4 Å². The highest BCUT2D eigenvalue weighted by Gasteiger charge is 2.19. The van der Waals surface area contributed by atoms with Crippen LogP contribution in [0.25, 0.3) is 0 Å². The first-order valence-electron chi connectivity index (χ1n) is 3.42. The zero-order valence-corrected chi connectivity index (χ0v) is 6.99. The monoisotopic (exact) mass is 166 g/mol. The maximum absolute atomic E-state index is 5.34. The fourth-order valence-corrected chi connectivity index (χ4v) is 1.14. The van der Waals surface area contributed by atoms with Crippen molar-refractivity contribution in [1.29, 1.82) is 0 Å². The van der Waals surface area contributed by atoms with Crippen LogP contribution >= 0.6 is 12.4 Å². The topological polar surface area (TPSA) is 47.3 Å². The first-order chi connectivity index (χ1) is 4.34. The number of hydrogen-bond donors (Lipinski definition) is 2. The molecule has 0 saturated carbocycles. The van der Waals surface area contributed by atoms with E-state index in [1.807, 2.05) is 6.92 Å². The zero-order valence-electron chi connectivity index (χ0n) is 6.17. The van der Waals surface area contributed by atoms with Gasteiger partial charge in [-0.1, -0.05) is 0 Å². The van der Waals surface area contributed by atoms with E-state index >= 15 is 0 Å². The lowest BCUT2D eigenvalue weighted by atomic mass is 10.1. The van der Waals surface area contributed by atoms with Crippen molar-refractivity contribution in [3.63, 3.8) is 0 Å². The molecule has 0 aromatic carbocycles. The standard InChI is InChI=1S/C6H14N2O.ClH/c1-5-6(8-7)3-2-4-9-5;/h5-6,8H,2-4,7H2,1H3;1H/t5-,6-;/m0./s1. The predicted octanol–water partition coefficient (Wildman–Crippen LogP) is 0.439. The Labute approximate surface area is 67.7 Å². The van der Waals surface area contributed by atoms with E-state index in [4.69, 9.17) is 10.6 Å². The molecule has 1 aliphatic heterocycles. The Morgan fingerprint density at radius 2 is 2.30 bits per heavy atom. The molecular formula is C6H15ClN2O. The van der Waals surface area contributed by atoms with Gasteiger partial charge in [-0.3, -0.25) is 11.3 Å². The minimum absolute atomic E-state index is 0. The summed E-state index contributed by atoms with van der Waals surface area (Å²) in [4.78, 5) is 0. The van der Waals surface area contributed by atoms with Gasteiger partial charge >= 0.3 is 0 Å². The van der Waals surface area contributed by atoms with Crippen LogP contribution in [-0.4, -0.2) is 18.8 Å². The summed E-state index contributed by atoms with van der Waals surface area (Å²) in [7, 11) is 0. The average Bonchev–Trinajstić information content (AvgIpc) is 1.89. The van der Waals surface area contributed by atoms with Gasteiger partial charge in [0.1, 0.15) is 0 Å². The molecule has 1 saturated heterocycles. The van der Waals surface area contributed by atoms with E-state index in [0.717, 1.165) is 19.4 Å². The molecule has 2 atom stereocenters. The molecule has 3 N–H and O–H groups in total. The smallest absolute Gasteiger partial charge is 0.0713 e. The lowest BCUT2D eigenvalue weighted by Gasteiger charge is -2.27. The van der Waals surface area contributed by atoms with Crippen LogP contribution in [0.4, 0.5) is 0 Å². The van der Waals surface area contributed by atoms with Crippen molar-refractivity contribution in [2.24, 2.45) is 5.84 Å². The minimum atomic E-state index is 0. The maximum atomic E-state index is 5.34. The second-order valence-corrected chi connectivity index (χ2v) is 2.49. The van der Waals surface area contributed by atoms with Crippen LogP contribution in [0.5, 0.6) is 0 Å². The van der Waals surface area contributed by atoms with E-state index < -0.39 is 0 Å². The number of halogens is 1. The van der Waals surface area contributed by atoms with Crippen molar-refractivity contribution in [1.82, 2.24) is 5.43 Å². The lowest BCUT2D eigenvalue weighted by Crippen LogP contribution is -2.46. The van der Waals surface area contributed by atoms with E-state index in [2.05, 4.69) is 5.43 Å². The highest BCUT2D eigenvalue weighted by molar-refractivity contribution is 5.85. The molecule has 10 heavy (non-hydrogen) atoms. The molecule has 3 nitrogen and oxygen atoms in total. The molecule has 0 spiro atoms. The van der Waals surface area contributed by atoms with Crippen LogP contribution in [0.15, 0.2) is 0 Å². The van der Waals surface area contributed by atoms with E-state index in [0.29, 0.717) is 6.04 Å². The van der Waals surface area contributed by atoms with Gasteiger partial charge in [-0.25, -0.2) is 0 Å². The third-order valence-corrected chi connectivity index (χ3v) is 1.82. The second kappa shape index (κ2) is 4.91. The molecule has 1 heterocycles. The molecule has 0 amide bonds. The Morgan fingerprint density at radius 1 is 1.60 bits per heavy atom. The molecule has 1 aliphatic rings. The quantitative estimate of drug-likeness (QED) is 0.439. The van der Waals surface area contributed by atoms with E-state index in [9.17, 15) is 0 Å². The molecule has 0 aliphatic carbocycles. The number of rotatable bonds is 1. The first-order valence-corrected chi connectivity index (χ1v) is 3.42. The minimum Gasteiger partial charge on any atom is -0.377 e. The SMILES string of the molecule is C[C@@H]1OCCC[C@@H]1NN.Cl. The Kier molecular flexibility index (Phi) is 4.99. The molecule has 1 fully saturated rings. The molecule has 4 heteroatoms. The van der Waals surface area contributed by atoms with Crippen LogP contribution < -0.4 is 11.3 Å². The van der Waals surface area contributed by atoms with E-state index in [-0.39, 0.29) is 18.5 Å². The summed E-state index contributed by atoms with van der Waals surface area (Å²) >= 11 is 0. The highest BCUT2D eigenvalue weighted by Crippen LogP contribution is 2.11. The summed E-state index contributed by atoms with van der Waals surface area (Å²) < 4.78 is 5.34. The third kappa shape index (κ3) is 2.42. The van der Waals surface area contributed by atoms with Crippen molar-refractivity contribution in [2.45, 2.75) is 31.9 Å². The molecule has 0 aromatic heterocycles. The van der Waals surface area contributed by atoms with Gasteiger partial charge in [0, 0.05) is 12.6 Å². The number of nitrogens with one attached hydrogen (secondary N) is 1. The summed E-state index contributed by atoms with van der Waals surface area (Å²) in [6, 6.07) is 0.360. The third-order valence-electron chi connectivity index (χ3n) is 1.82. The van der Waals surface area contributed by atoms with Gasteiger partial charge in [0.25, 0.3) is 0 Å². The average molecular weight is 167 g/mol. The van der Waals surface area contributed by atoms with Crippen molar-refractivity contribution < 1.29 is 4.74 Å². The maximum Gasteiger partial charge on any atom is 0.0713 e. The van der Waals surface area contributed by atoms with Gasteiger partial charge in [-0.05, 0) is 19.8 Å². The summed E-state index contributed by atoms with van der Waals surface area (Å²) in [5.74, 6) is 5.26. The van der Waals surface area contributed by atoms with Crippen molar-refractivity contribution in [3.05, 3.63) is 0 Å². The van der Waals surface area contributed by atoms with Gasteiger partial charge in [-0.2, -0.15) is 0 Å². The molecule has 1 rings (SSSR count).